The van der Waals surface area contributed by atoms with E-state index >= 15 is 0 Å². The second-order valence-electron chi connectivity index (χ2n) is 4.83. The molecule has 1 saturated heterocycles. The normalized spacial score (nSPS) is 19.7. The molecular formula is C14H20F2N2. The van der Waals surface area contributed by atoms with Gasteiger partial charge in [0, 0.05) is 24.7 Å². The molecule has 0 saturated carbocycles. The van der Waals surface area contributed by atoms with Crippen molar-refractivity contribution in [3.05, 3.63) is 35.4 Å². The van der Waals surface area contributed by atoms with E-state index in [2.05, 4.69) is 10.2 Å². The SMILES string of the molecule is CCN(Cc1cccc(F)c1F)CC1CCCN1. The molecule has 18 heavy (non-hydrogen) atoms. The topological polar surface area (TPSA) is 15.3 Å². The van der Waals surface area contributed by atoms with Gasteiger partial charge in [-0.2, -0.15) is 0 Å². The Balaban J connectivity index is 1.98. The molecule has 0 radical (unpaired) electrons. The smallest absolute Gasteiger partial charge is 0.163 e. The zero-order valence-electron chi connectivity index (χ0n) is 10.8. The van der Waals surface area contributed by atoms with Crippen LogP contribution < -0.4 is 5.32 Å². The van der Waals surface area contributed by atoms with Crippen molar-refractivity contribution in [2.45, 2.75) is 32.4 Å². The Bertz CT molecular complexity index is 389. The van der Waals surface area contributed by atoms with E-state index in [9.17, 15) is 8.78 Å². The van der Waals surface area contributed by atoms with Gasteiger partial charge in [0.2, 0.25) is 0 Å². The maximum Gasteiger partial charge on any atom is 0.163 e. The molecule has 1 unspecified atom stereocenters. The largest absolute Gasteiger partial charge is 0.313 e. The van der Waals surface area contributed by atoms with Gasteiger partial charge in [0.1, 0.15) is 0 Å². The Morgan fingerprint density at radius 1 is 1.39 bits per heavy atom. The molecular weight excluding hydrogens is 234 g/mol. The Labute approximate surface area is 107 Å². The van der Waals surface area contributed by atoms with Crippen LogP contribution in [-0.4, -0.2) is 30.6 Å². The number of nitrogens with zero attached hydrogens (tertiary/aromatic N) is 1. The minimum absolute atomic E-state index is 0.440. The van der Waals surface area contributed by atoms with Gasteiger partial charge in [0.15, 0.2) is 11.6 Å². The van der Waals surface area contributed by atoms with Crippen LogP contribution in [0.4, 0.5) is 8.78 Å². The van der Waals surface area contributed by atoms with Crippen molar-refractivity contribution in [2.75, 3.05) is 19.6 Å². The van der Waals surface area contributed by atoms with Crippen LogP contribution >= 0.6 is 0 Å². The van der Waals surface area contributed by atoms with E-state index in [1.54, 1.807) is 12.1 Å². The number of halogens is 2. The molecule has 1 aliphatic rings. The van der Waals surface area contributed by atoms with Crippen molar-refractivity contribution in [1.29, 1.82) is 0 Å². The van der Waals surface area contributed by atoms with Crippen molar-refractivity contribution in [3.63, 3.8) is 0 Å². The highest BCUT2D eigenvalue weighted by molar-refractivity contribution is 5.18. The van der Waals surface area contributed by atoms with E-state index in [1.807, 2.05) is 6.92 Å². The number of nitrogens with one attached hydrogen (secondary N) is 1. The molecule has 100 valence electrons. The van der Waals surface area contributed by atoms with Crippen LogP contribution in [0.25, 0.3) is 0 Å². The lowest BCUT2D eigenvalue weighted by Gasteiger charge is -2.24. The molecule has 1 atom stereocenters. The zero-order valence-corrected chi connectivity index (χ0v) is 10.8. The van der Waals surface area contributed by atoms with Crippen molar-refractivity contribution in [1.82, 2.24) is 10.2 Å². The molecule has 2 nitrogen and oxygen atoms in total. The molecule has 1 aromatic carbocycles. The summed E-state index contributed by atoms with van der Waals surface area (Å²) in [7, 11) is 0. The van der Waals surface area contributed by atoms with Crippen molar-refractivity contribution < 1.29 is 8.78 Å². The number of likely N-dealkylation sites (N-methyl/N-ethyl adjacent to an activating group) is 1. The van der Waals surface area contributed by atoms with E-state index in [-0.39, 0.29) is 0 Å². The Morgan fingerprint density at radius 3 is 2.89 bits per heavy atom. The fourth-order valence-corrected chi connectivity index (χ4v) is 2.44. The van der Waals surface area contributed by atoms with Crippen LogP contribution in [0.5, 0.6) is 0 Å². The number of hydrogen-bond acceptors (Lipinski definition) is 2. The lowest BCUT2D eigenvalue weighted by Crippen LogP contribution is -2.37. The summed E-state index contributed by atoms with van der Waals surface area (Å²) in [5.74, 6) is -1.47. The summed E-state index contributed by atoms with van der Waals surface area (Å²) in [4.78, 5) is 2.15. The fourth-order valence-electron chi connectivity index (χ4n) is 2.44. The van der Waals surface area contributed by atoms with Crippen LogP contribution in [0.15, 0.2) is 18.2 Å². The molecule has 0 aromatic heterocycles. The minimum atomic E-state index is -0.762. The third-order valence-corrected chi connectivity index (χ3v) is 3.51. The third-order valence-electron chi connectivity index (χ3n) is 3.51. The third kappa shape index (κ3) is 3.27. The standard InChI is InChI=1S/C14H20F2N2/c1-2-18(10-12-6-4-8-17-12)9-11-5-3-7-13(15)14(11)16/h3,5,7,12,17H,2,4,6,8-10H2,1H3. The predicted molar refractivity (Wildman–Crippen MR) is 68.3 cm³/mol. The summed E-state index contributed by atoms with van der Waals surface area (Å²) in [6.45, 7) is 5.32. The van der Waals surface area contributed by atoms with E-state index in [4.69, 9.17) is 0 Å². The summed E-state index contributed by atoms with van der Waals surface area (Å²) >= 11 is 0. The van der Waals surface area contributed by atoms with Crippen molar-refractivity contribution in [3.8, 4) is 0 Å². The second kappa shape index (κ2) is 6.25. The average molecular weight is 254 g/mol. The molecule has 0 bridgehead atoms. The monoisotopic (exact) mass is 254 g/mol. The molecule has 1 aliphatic heterocycles. The van der Waals surface area contributed by atoms with E-state index < -0.39 is 11.6 Å². The van der Waals surface area contributed by atoms with E-state index in [0.29, 0.717) is 18.2 Å². The van der Waals surface area contributed by atoms with Gasteiger partial charge in [0.05, 0.1) is 0 Å². The van der Waals surface area contributed by atoms with Crippen LogP contribution in [0.2, 0.25) is 0 Å². The lowest BCUT2D eigenvalue weighted by atomic mass is 10.1. The first kappa shape index (κ1) is 13.4. The number of benzene rings is 1. The van der Waals surface area contributed by atoms with Crippen molar-refractivity contribution in [2.24, 2.45) is 0 Å². The van der Waals surface area contributed by atoms with Gasteiger partial charge in [0.25, 0.3) is 0 Å². The van der Waals surface area contributed by atoms with Gasteiger partial charge in [-0.05, 0) is 32.0 Å². The molecule has 0 spiro atoms. The molecule has 1 heterocycles. The zero-order chi connectivity index (χ0) is 13.0. The molecule has 0 amide bonds. The van der Waals surface area contributed by atoms with Crippen molar-refractivity contribution >= 4 is 0 Å². The first-order chi connectivity index (χ1) is 8.70. The maximum atomic E-state index is 13.6. The van der Waals surface area contributed by atoms with Gasteiger partial charge in [-0.25, -0.2) is 8.78 Å². The van der Waals surface area contributed by atoms with Gasteiger partial charge in [-0.15, -0.1) is 0 Å². The van der Waals surface area contributed by atoms with Crippen LogP contribution in [0.1, 0.15) is 25.3 Å². The molecule has 1 fully saturated rings. The molecule has 0 aliphatic carbocycles. The fraction of sp³-hybridized carbons (Fsp3) is 0.571. The van der Waals surface area contributed by atoms with Gasteiger partial charge in [-0.1, -0.05) is 19.1 Å². The molecule has 4 heteroatoms. The van der Waals surface area contributed by atoms with E-state index in [1.165, 1.54) is 12.8 Å². The number of hydrogen-bond donors (Lipinski definition) is 1. The first-order valence-electron chi connectivity index (χ1n) is 6.59. The lowest BCUT2D eigenvalue weighted by molar-refractivity contribution is 0.249. The summed E-state index contributed by atoms with van der Waals surface area (Å²) in [5, 5.41) is 3.42. The number of rotatable bonds is 5. The minimum Gasteiger partial charge on any atom is -0.313 e. The summed E-state index contributed by atoms with van der Waals surface area (Å²) in [6, 6.07) is 4.87. The predicted octanol–water partition coefficient (Wildman–Crippen LogP) is 2.54. The Morgan fingerprint density at radius 2 is 2.22 bits per heavy atom. The van der Waals surface area contributed by atoms with E-state index in [0.717, 1.165) is 25.7 Å². The quantitative estimate of drug-likeness (QED) is 0.868. The van der Waals surface area contributed by atoms with Crippen LogP contribution in [0.3, 0.4) is 0 Å². The first-order valence-corrected chi connectivity index (χ1v) is 6.59. The van der Waals surface area contributed by atoms with Gasteiger partial charge < -0.3 is 5.32 Å². The van der Waals surface area contributed by atoms with Gasteiger partial charge in [-0.3, -0.25) is 4.90 Å². The Hall–Kier alpha value is -1.00. The summed E-state index contributed by atoms with van der Waals surface area (Å²) < 4.78 is 26.7. The van der Waals surface area contributed by atoms with Crippen LogP contribution in [0, 0.1) is 11.6 Å². The molecule has 1 N–H and O–H groups in total. The van der Waals surface area contributed by atoms with Crippen LogP contribution in [-0.2, 0) is 6.54 Å². The highest BCUT2D eigenvalue weighted by Gasteiger charge is 2.18. The molecule has 1 aromatic rings. The van der Waals surface area contributed by atoms with Gasteiger partial charge >= 0.3 is 0 Å². The maximum absolute atomic E-state index is 13.6. The highest BCUT2D eigenvalue weighted by Crippen LogP contribution is 2.15. The Kier molecular flexibility index (Phi) is 4.66. The summed E-state index contributed by atoms with van der Waals surface area (Å²) in [6.07, 6.45) is 2.37. The second-order valence-corrected chi connectivity index (χ2v) is 4.83. The molecule has 2 rings (SSSR count). The summed E-state index contributed by atoms with van der Waals surface area (Å²) in [5.41, 5.74) is 0.440. The highest BCUT2D eigenvalue weighted by atomic mass is 19.2. The average Bonchev–Trinajstić information content (AvgIpc) is 2.86.